The third-order valence-corrected chi connectivity index (χ3v) is 9.21. The van der Waals surface area contributed by atoms with Gasteiger partial charge >= 0.3 is 0 Å². The van der Waals surface area contributed by atoms with Crippen molar-refractivity contribution in [3.05, 3.63) is 21.6 Å². The highest BCUT2D eigenvalue weighted by Gasteiger charge is 2.33. The van der Waals surface area contributed by atoms with E-state index < -0.39 is 15.6 Å². The van der Waals surface area contributed by atoms with Crippen LogP contribution in [0.15, 0.2) is 16.0 Å². The highest BCUT2D eigenvalue weighted by Crippen LogP contribution is 2.33. The highest BCUT2D eigenvalue weighted by molar-refractivity contribution is 7.89. The number of ether oxygens (including phenoxy) is 1. The van der Waals surface area contributed by atoms with Gasteiger partial charge in [0, 0.05) is 18.0 Å². The van der Waals surface area contributed by atoms with Crippen molar-refractivity contribution in [2.45, 2.75) is 25.3 Å². The predicted octanol–water partition coefficient (Wildman–Crippen LogP) is -1.47. The van der Waals surface area contributed by atoms with Crippen LogP contribution in [0.4, 0.5) is 0 Å². The number of likely N-dealkylation sites (N-methyl/N-ethyl adjacent to an activating group) is 1. The Hall–Kier alpha value is -1.86. The van der Waals surface area contributed by atoms with Crippen molar-refractivity contribution in [1.82, 2.24) is 18.8 Å². The number of hydrogen-bond acceptors (Lipinski definition) is 7. The van der Waals surface area contributed by atoms with Gasteiger partial charge in [0.05, 0.1) is 57.7 Å². The van der Waals surface area contributed by atoms with Gasteiger partial charge in [-0.25, -0.2) is 13.4 Å². The summed E-state index contributed by atoms with van der Waals surface area (Å²) in [6.45, 7) is 8.92. The zero-order valence-electron chi connectivity index (χ0n) is 17.8. The molecule has 0 aliphatic carbocycles. The summed E-state index contributed by atoms with van der Waals surface area (Å²) in [4.78, 5) is 34.5. The van der Waals surface area contributed by atoms with Crippen LogP contribution in [0, 0.1) is 6.92 Å². The molecule has 0 bridgehead atoms. The Labute approximate surface area is 185 Å². The van der Waals surface area contributed by atoms with Crippen molar-refractivity contribution >= 4 is 37.5 Å². The van der Waals surface area contributed by atoms with Gasteiger partial charge in [-0.1, -0.05) is 0 Å². The first-order chi connectivity index (χ1) is 14.8. The summed E-state index contributed by atoms with van der Waals surface area (Å²) in [6.07, 6.45) is 1.34. The van der Waals surface area contributed by atoms with Crippen LogP contribution in [0.5, 0.6) is 0 Å². The molecule has 0 radical (unpaired) electrons. The topological polar surface area (TPSA) is 106 Å². The lowest BCUT2D eigenvalue weighted by Crippen LogP contribution is -3.14. The fourth-order valence-electron chi connectivity index (χ4n) is 4.12. The van der Waals surface area contributed by atoms with Crippen LogP contribution in [0.1, 0.15) is 11.8 Å². The Bertz CT molecular complexity index is 1130. The van der Waals surface area contributed by atoms with Crippen molar-refractivity contribution in [3.8, 4) is 0 Å². The summed E-state index contributed by atoms with van der Waals surface area (Å²) in [5.41, 5.74) is -0.493. The smallest absolute Gasteiger partial charge is 0.263 e. The van der Waals surface area contributed by atoms with Crippen LogP contribution in [-0.2, 0) is 26.1 Å². The Balaban J connectivity index is 1.65. The van der Waals surface area contributed by atoms with Crippen molar-refractivity contribution in [1.29, 1.82) is 0 Å². The molecule has 0 unspecified atom stereocenters. The normalized spacial score (nSPS) is 19.2. The molecule has 0 aromatic carbocycles. The molecule has 10 nitrogen and oxygen atoms in total. The third-order valence-electron chi connectivity index (χ3n) is 6.00. The van der Waals surface area contributed by atoms with Crippen LogP contribution in [0.25, 0.3) is 10.2 Å². The number of aromatic nitrogens is 2. The summed E-state index contributed by atoms with van der Waals surface area (Å²) < 4.78 is 34.4. The summed E-state index contributed by atoms with van der Waals surface area (Å²) >= 11 is 1.18. The van der Waals surface area contributed by atoms with E-state index in [1.165, 1.54) is 31.4 Å². The second-order valence-electron chi connectivity index (χ2n) is 7.85. The van der Waals surface area contributed by atoms with Crippen LogP contribution in [-0.4, -0.2) is 92.1 Å². The summed E-state index contributed by atoms with van der Waals surface area (Å²) in [7, 11) is -3.86. The first-order valence-electron chi connectivity index (χ1n) is 10.5. The van der Waals surface area contributed by atoms with Crippen molar-refractivity contribution in [2.24, 2.45) is 0 Å². The van der Waals surface area contributed by atoms with E-state index >= 15 is 0 Å². The first-order valence-corrected chi connectivity index (χ1v) is 12.8. The van der Waals surface area contributed by atoms with E-state index in [-0.39, 0.29) is 35.8 Å². The minimum atomic E-state index is -3.86. The van der Waals surface area contributed by atoms with E-state index in [4.69, 9.17) is 4.74 Å². The van der Waals surface area contributed by atoms with E-state index in [1.54, 1.807) is 11.8 Å². The number of quaternary nitrogens is 1. The number of thiophene rings is 1. The average Bonchev–Trinajstić information content (AvgIpc) is 3.13. The van der Waals surface area contributed by atoms with Gasteiger partial charge in [-0.05, 0) is 13.8 Å². The first kappa shape index (κ1) is 22.3. The Morgan fingerprint density at radius 3 is 2.55 bits per heavy atom. The van der Waals surface area contributed by atoms with Gasteiger partial charge in [0.25, 0.3) is 5.56 Å². The van der Waals surface area contributed by atoms with E-state index in [0.717, 1.165) is 19.6 Å². The lowest BCUT2D eigenvalue weighted by Gasteiger charge is -2.31. The van der Waals surface area contributed by atoms with Crippen molar-refractivity contribution in [3.63, 3.8) is 0 Å². The number of sulfonamides is 1. The van der Waals surface area contributed by atoms with Gasteiger partial charge in [0.1, 0.15) is 16.3 Å². The van der Waals surface area contributed by atoms with Gasteiger partial charge in [0.2, 0.25) is 15.9 Å². The molecule has 2 fully saturated rings. The van der Waals surface area contributed by atoms with Crippen LogP contribution < -0.4 is 10.5 Å². The highest BCUT2D eigenvalue weighted by atomic mass is 32.2. The summed E-state index contributed by atoms with van der Waals surface area (Å²) in [5.74, 6) is -0.150. The predicted molar refractivity (Wildman–Crippen MR) is 116 cm³/mol. The fourth-order valence-corrected chi connectivity index (χ4v) is 7.20. The number of aryl methyl sites for hydroxylation is 1. The van der Waals surface area contributed by atoms with Gasteiger partial charge in [-0.2, -0.15) is 4.31 Å². The molecule has 4 rings (SSSR count). The van der Waals surface area contributed by atoms with Crippen LogP contribution in [0.3, 0.4) is 0 Å². The lowest BCUT2D eigenvalue weighted by atomic mass is 10.3. The number of piperazine rings is 1. The van der Waals surface area contributed by atoms with E-state index in [2.05, 4.69) is 11.9 Å². The molecule has 31 heavy (non-hydrogen) atoms. The molecule has 0 atom stereocenters. The Kier molecular flexibility index (Phi) is 6.44. The number of amides is 1. The Morgan fingerprint density at radius 2 is 1.90 bits per heavy atom. The Morgan fingerprint density at radius 1 is 1.23 bits per heavy atom. The van der Waals surface area contributed by atoms with Crippen LogP contribution >= 0.6 is 11.3 Å². The molecule has 2 aliphatic heterocycles. The van der Waals surface area contributed by atoms with Gasteiger partial charge in [-0.15, -0.1) is 11.3 Å². The number of fused-ring (bicyclic) bond motifs is 1. The number of hydrogen-bond donors (Lipinski definition) is 1. The van der Waals surface area contributed by atoms with E-state index in [1.807, 2.05) is 0 Å². The summed E-state index contributed by atoms with van der Waals surface area (Å²) in [5, 5.41) is 0.0736. The molecule has 0 spiro atoms. The number of rotatable bonds is 5. The maximum Gasteiger partial charge on any atom is 0.263 e. The average molecular weight is 471 g/mol. The third kappa shape index (κ3) is 4.27. The maximum absolute atomic E-state index is 13.3. The quantitative estimate of drug-likeness (QED) is 0.572. The number of carbonyl (C=O) groups is 1. The largest absolute Gasteiger partial charge is 0.379 e. The van der Waals surface area contributed by atoms with Gasteiger partial charge in [-0.3, -0.25) is 14.2 Å². The molecule has 170 valence electrons. The molecule has 12 heteroatoms. The van der Waals surface area contributed by atoms with Crippen LogP contribution in [0.2, 0.25) is 0 Å². The summed E-state index contributed by atoms with van der Waals surface area (Å²) in [6, 6.07) is 0. The molecular weight excluding hydrogens is 442 g/mol. The number of nitrogens with zero attached hydrogens (tertiary/aromatic N) is 4. The van der Waals surface area contributed by atoms with E-state index in [0.29, 0.717) is 36.0 Å². The maximum atomic E-state index is 13.3. The second-order valence-corrected chi connectivity index (χ2v) is 10.9. The minimum Gasteiger partial charge on any atom is -0.379 e. The molecular formula is C19H28N5O5S2+. The van der Waals surface area contributed by atoms with Gasteiger partial charge in [0.15, 0.2) is 0 Å². The molecule has 1 amide bonds. The fraction of sp³-hybridized carbons (Fsp3) is 0.632. The zero-order chi connectivity index (χ0) is 22.2. The minimum absolute atomic E-state index is 0.00820. The molecule has 0 saturated carbocycles. The zero-order valence-corrected chi connectivity index (χ0v) is 19.4. The van der Waals surface area contributed by atoms with E-state index in [9.17, 15) is 18.0 Å². The molecule has 4 heterocycles. The second kappa shape index (κ2) is 8.94. The molecule has 2 aromatic rings. The number of morpholine rings is 1. The van der Waals surface area contributed by atoms with Crippen molar-refractivity contribution < 1.29 is 22.8 Å². The molecule has 2 aliphatic rings. The SMILES string of the molecule is CC[NH+]1CCN(C(=O)Cn2cnc3sc(C)c(S(=O)(=O)N4CCOCC4)c3c2=O)CC1. The monoisotopic (exact) mass is 470 g/mol. The molecule has 1 N–H and O–H groups in total. The standard InChI is InChI=1S/C19H27N5O5S2/c1-3-21-4-6-22(7-5-21)15(25)12-23-13-20-18-16(19(23)26)17(14(2)30-18)31(27,28)24-8-10-29-11-9-24/h13H,3-12H2,1-2H3/p+1. The van der Waals surface area contributed by atoms with Crippen molar-refractivity contribution in [2.75, 3.05) is 59.0 Å². The number of carbonyl (C=O) groups excluding carboxylic acids is 1. The number of nitrogens with one attached hydrogen (secondary N) is 1. The lowest BCUT2D eigenvalue weighted by molar-refractivity contribution is -0.902. The van der Waals surface area contributed by atoms with Gasteiger partial charge < -0.3 is 14.5 Å². The molecule has 2 saturated heterocycles. The molecule has 2 aromatic heterocycles.